The molecule has 3 heterocycles. The molecule has 4 nitrogen and oxygen atoms in total. The van der Waals surface area contributed by atoms with Gasteiger partial charge in [0.1, 0.15) is 0 Å². The molecular weight excluding hydrogens is 364 g/mol. The first-order chi connectivity index (χ1) is 13.8. The SMILES string of the molecule is CN(Cc1cnc(N2CCCC2)s1)[C@@H]1CCCN(C2Cc3ccccc3C2)C1. The Morgan fingerprint density at radius 2 is 1.82 bits per heavy atom. The number of fused-ring (bicyclic) bond motifs is 1. The second kappa shape index (κ2) is 8.13. The minimum Gasteiger partial charge on any atom is -0.348 e. The van der Waals surface area contributed by atoms with Crippen LogP contribution in [0.25, 0.3) is 0 Å². The molecule has 150 valence electrons. The number of rotatable bonds is 5. The van der Waals surface area contributed by atoms with Gasteiger partial charge in [-0.15, -0.1) is 11.3 Å². The lowest BCUT2D eigenvalue weighted by atomic mass is 10.0. The Labute approximate surface area is 173 Å². The lowest BCUT2D eigenvalue weighted by molar-refractivity contribution is 0.0840. The summed E-state index contributed by atoms with van der Waals surface area (Å²) in [6, 6.07) is 10.4. The van der Waals surface area contributed by atoms with Crippen molar-refractivity contribution < 1.29 is 0 Å². The van der Waals surface area contributed by atoms with E-state index in [4.69, 9.17) is 4.98 Å². The molecule has 1 atom stereocenters. The molecule has 28 heavy (non-hydrogen) atoms. The van der Waals surface area contributed by atoms with Gasteiger partial charge >= 0.3 is 0 Å². The smallest absolute Gasteiger partial charge is 0.185 e. The van der Waals surface area contributed by atoms with Crippen LogP contribution in [0.15, 0.2) is 30.5 Å². The summed E-state index contributed by atoms with van der Waals surface area (Å²) in [7, 11) is 2.31. The average molecular weight is 397 g/mol. The third kappa shape index (κ3) is 3.85. The number of thiazole rings is 1. The molecule has 2 fully saturated rings. The minimum atomic E-state index is 0.662. The third-order valence-electron chi connectivity index (χ3n) is 6.92. The van der Waals surface area contributed by atoms with E-state index in [1.807, 2.05) is 11.3 Å². The van der Waals surface area contributed by atoms with Gasteiger partial charge in [-0.2, -0.15) is 0 Å². The lowest BCUT2D eigenvalue weighted by Gasteiger charge is -2.40. The topological polar surface area (TPSA) is 22.6 Å². The van der Waals surface area contributed by atoms with Crippen molar-refractivity contribution in [1.82, 2.24) is 14.8 Å². The molecule has 3 aliphatic rings. The van der Waals surface area contributed by atoms with Crippen LogP contribution in [0, 0.1) is 0 Å². The van der Waals surface area contributed by atoms with E-state index in [9.17, 15) is 0 Å². The van der Waals surface area contributed by atoms with Crippen LogP contribution in [0.2, 0.25) is 0 Å². The van der Waals surface area contributed by atoms with Gasteiger partial charge in [-0.05, 0) is 63.2 Å². The first-order valence-electron chi connectivity index (χ1n) is 11.0. The Kier molecular flexibility index (Phi) is 5.40. The molecule has 0 spiro atoms. The maximum Gasteiger partial charge on any atom is 0.185 e. The number of nitrogens with zero attached hydrogens (tertiary/aromatic N) is 4. The fraction of sp³-hybridized carbons (Fsp3) is 0.609. The summed E-state index contributed by atoms with van der Waals surface area (Å²) < 4.78 is 0. The highest BCUT2D eigenvalue weighted by Crippen LogP contribution is 2.30. The van der Waals surface area contributed by atoms with Gasteiger partial charge in [-0.3, -0.25) is 9.80 Å². The zero-order valence-electron chi connectivity index (χ0n) is 17.0. The molecule has 2 aromatic rings. The fourth-order valence-corrected chi connectivity index (χ4v) is 6.29. The number of benzene rings is 1. The van der Waals surface area contributed by atoms with Crippen molar-refractivity contribution in [3.8, 4) is 0 Å². The number of hydrogen-bond donors (Lipinski definition) is 0. The molecule has 0 N–H and O–H groups in total. The second-order valence-electron chi connectivity index (χ2n) is 8.84. The van der Waals surface area contributed by atoms with Crippen LogP contribution in [0.3, 0.4) is 0 Å². The summed E-state index contributed by atoms with van der Waals surface area (Å²) in [5.41, 5.74) is 3.14. The van der Waals surface area contributed by atoms with Gasteiger partial charge < -0.3 is 4.90 Å². The number of likely N-dealkylation sites (N-methyl/N-ethyl adjacent to an activating group) is 1. The largest absolute Gasteiger partial charge is 0.348 e. The Morgan fingerprint density at radius 3 is 2.57 bits per heavy atom. The van der Waals surface area contributed by atoms with Gasteiger partial charge in [-0.1, -0.05) is 24.3 Å². The van der Waals surface area contributed by atoms with Gasteiger partial charge in [0.15, 0.2) is 5.13 Å². The summed E-state index contributed by atoms with van der Waals surface area (Å²) in [4.78, 5) is 13.9. The number of aromatic nitrogens is 1. The van der Waals surface area contributed by atoms with Crippen LogP contribution < -0.4 is 4.90 Å². The van der Waals surface area contributed by atoms with Crippen molar-refractivity contribution in [2.24, 2.45) is 0 Å². The Hall–Kier alpha value is -1.43. The Morgan fingerprint density at radius 1 is 1.07 bits per heavy atom. The van der Waals surface area contributed by atoms with Crippen molar-refractivity contribution in [1.29, 1.82) is 0 Å². The molecule has 0 amide bonds. The Bertz CT molecular complexity index is 772. The fourth-order valence-electron chi connectivity index (χ4n) is 5.27. The number of anilines is 1. The maximum atomic E-state index is 4.70. The quantitative estimate of drug-likeness (QED) is 0.766. The van der Waals surface area contributed by atoms with Crippen molar-refractivity contribution in [2.45, 2.75) is 57.2 Å². The van der Waals surface area contributed by atoms with Crippen LogP contribution in [0.5, 0.6) is 0 Å². The minimum absolute atomic E-state index is 0.662. The van der Waals surface area contributed by atoms with Gasteiger partial charge in [0.25, 0.3) is 0 Å². The predicted octanol–water partition coefficient (Wildman–Crippen LogP) is 3.81. The molecular formula is C23H32N4S. The van der Waals surface area contributed by atoms with Crippen LogP contribution in [0.4, 0.5) is 5.13 Å². The van der Waals surface area contributed by atoms with Crippen LogP contribution >= 0.6 is 11.3 Å². The van der Waals surface area contributed by atoms with Gasteiger partial charge in [0.2, 0.25) is 0 Å². The van der Waals surface area contributed by atoms with E-state index in [2.05, 4.69) is 52.2 Å². The molecule has 0 saturated carbocycles. The van der Waals surface area contributed by atoms with E-state index >= 15 is 0 Å². The predicted molar refractivity (Wildman–Crippen MR) is 117 cm³/mol. The summed E-state index contributed by atoms with van der Waals surface area (Å²) in [5.74, 6) is 0. The van der Waals surface area contributed by atoms with Gasteiger partial charge in [-0.25, -0.2) is 4.98 Å². The van der Waals surface area contributed by atoms with E-state index < -0.39 is 0 Å². The third-order valence-corrected chi connectivity index (χ3v) is 7.96. The van der Waals surface area contributed by atoms with E-state index in [-0.39, 0.29) is 0 Å². The van der Waals surface area contributed by atoms with E-state index in [1.165, 1.54) is 74.7 Å². The molecule has 0 radical (unpaired) electrons. The molecule has 5 heteroatoms. The molecule has 2 saturated heterocycles. The van der Waals surface area contributed by atoms with Crippen LogP contribution in [-0.2, 0) is 19.4 Å². The van der Waals surface area contributed by atoms with Gasteiger partial charge in [0, 0.05) is 49.3 Å². The monoisotopic (exact) mass is 396 g/mol. The summed E-state index contributed by atoms with van der Waals surface area (Å²) in [6.45, 7) is 5.89. The van der Waals surface area contributed by atoms with Crippen molar-refractivity contribution in [3.05, 3.63) is 46.5 Å². The van der Waals surface area contributed by atoms with Crippen LogP contribution in [0.1, 0.15) is 41.7 Å². The molecule has 2 aliphatic heterocycles. The second-order valence-corrected chi connectivity index (χ2v) is 9.93. The molecule has 1 aromatic carbocycles. The highest BCUT2D eigenvalue weighted by molar-refractivity contribution is 7.15. The van der Waals surface area contributed by atoms with Crippen molar-refractivity contribution in [3.63, 3.8) is 0 Å². The van der Waals surface area contributed by atoms with Crippen molar-refractivity contribution in [2.75, 3.05) is 38.1 Å². The van der Waals surface area contributed by atoms with E-state index in [1.54, 1.807) is 11.1 Å². The summed E-state index contributed by atoms with van der Waals surface area (Å²) in [5, 5.41) is 1.23. The molecule has 0 bridgehead atoms. The summed E-state index contributed by atoms with van der Waals surface area (Å²) in [6.07, 6.45) is 9.87. The first kappa shape index (κ1) is 18.6. The molecule has 1 aromatic heterocycles. The summed E-state index contributed by atoms with van der Waals surface area (Å²) >= 11 is 1.90. The van der Waals surface area contributed by atoms with Crippen molar-refractivity contribution >= 4 is 16.5 Å². The average Bonchev–Trinajstić information content (AvgIpc) is 3.47. The zero-order valence-corrected chi connectivity index (χ0v) is 17.8. The lowest BCUT2D eigenvalue weighted by Crippen LogP contribution is -2.50. The maximum absolute atomic E-state index is 4.70. The normalized spacial score (nSPS) is 23.6. The van der Waals surface area contributed by atoms with E-state index in [0.29, 0.717) is 12.1 Å². The highest BCUT2D eigenvalue weighted by Gasteiger charge is 2.31. The number of likely N-dealkylation sites (tertiary alicyclic amines) is 1. The zero-order chi connectivity index (χ0) is 18.9. The number of hydrogen-bond acceptors (Lipinski definition) is 5. The molecule has 1 aliphatic carbocycles. The standard InChI is InChI=1S/C23H32N4S/c1-25(17-22-15-24-23(28-22)26-10-4-5-11-26)20-9-6-12-27(16-20)21-13-18-7-2-3-8-19(18)14-21/h2-3,7-8,15,20-21H,4-6,9-14,16-17H2,1H3/t20-/m1/s1. The first-order valence-corrected chi connectivity index (χ1v) is 11.8. The van der Waals surface area contributed by atoms with Gasteiger partial charge in [0.05, 0.1) is 0 Å². The van der Waals surface area contributed by atoms with E-state index in [0.717, 1.165) is 6.54 Å². The molecule has 5 rings (SSSR count). The van der Waals surface area contributed by atoms with Crippen LogP contribution in [-0.4, -0.2) is 60.1 Å². The number of piperidine rings is 1. The highest BCUT2D eigenvalue weighted by atomic mass is 32.1. The molecule has 0 unspecified atom stereocenters. The Balaban J connectivity index is 1.18.